The molecule has 1 aromatic carbocycles. The molecule has 1 N–H and O–H groups in total. The number of methoxy groups -OCH3 is 1. The molecular weight excluding hydrogens is 240 g/mol. The highest BCUT2D eigenvalue weighted by Crippen LogP contribution is 2.37. The van der Waals surface area contributed by atoms with Gasteiger partial charge in [-0.2, -0.15) is 5.26 Å². The van der Waals surface area contributed by atoms with Crippen molar-refractivity contribution in [1.82, 2.24) is 4.90 Å². The lowest BCUT2D eigenvalue weighted by atomic mass is 9.86. The number of rotatable bonds is 4. The van der Waals surface area contributed by atoms with Crippen LogP contribution in [0.25, 0.3) is 0 Å². The first kappa shape index (κ1) is 13.9. The van der Waals surface area contributed by atoms with E-state index >= 15 is 0 Å². The number of hydrogen-bond acceptors (Lipinski definition) is 4. The lowest BCUT2D eigenvalue weighted by Crippen LogP contribution is -2.48. The minimum absolute atomic E-state index is 0.297. The van der Waals surface area contributed by atoms with Gasteiger partial charge in [0.2, 0.25) is 0 Å². The summed E-state index contributed by atoms with van der Waals surface area (Å²) in [5, 5.41) is 18.5. The zero-order chi connectivity index (χ0) is 14.0. The molecule has 1 aliphatic heterocycles. The second-order valence-corrected chi connectivity index (χ2v) is 5.23. The average Bonchev–Trinajstić information content (AvgIpc) is 2.33. The van der Waals surface area contributed by atoms with Gasteiger partial charge in [-0.25, -0.2) is 0 Å². The number of nitrogens with zero attached hydrogens (tertiary/aromatic N) is 2. The molecule has 102 valence electrons. The van der Waals surface area contributed by atoms with Crippen LogP contribution in [0.2, 0.25) is 0 Å². The highest BCUT2D eigenvalue weighted by atomic mass is 16.5. The number of benzene rings is 1. The molecule has 1 atom stereocenters. The quantitative estimate of drug-likeness (QED) is 0.894. The van der Waals surface area contributed by atoms with Crippen LogP contribution in [0.15, 0.2) is 12.1 Å². The van der Waals surface area contributed by atoms with Crippen LogP contribution < -0.4 is 4.74 Å². The van der Waals surface area contributed by atoms with E-state index < -0.39 is 0 Å². The second kappa shape index (κ2) is 5.60. The number of likely N-dealkylation sites (tertiary alicyclic amines) is 1. The van der Waals surface area contributed by atoms with Gasteiger partial charge in [0.25, 0.3) is 0 Å². The first-order valence-electron chi connectivity index (χ1n) is 6.54. The molecule has 1 heterocycles. The minimum atomic E-state index is -0.297. The lowest BCUT2D eigenvalue weighted by Gasteiger charge is -2.41. The van der Waals surface area contributed by atoms with E-state index in [-0.39, 0.29) is 6.10 Å². The SMILES string of the molecule is COc1ccc(C#N)c(C)c1C1CN(C[C@H](C)O)C1. The predicted molar refractivity (Wildman–Crippen MR) is 73.3 cm³/mol. The predicted octanol–water partition coefficient (Wildman–Crippen LogP) is 1.66. The monoisotopic (exact) mass is 260 g/mol. The van der Waals surface area contributed by atoms with Crippen molar-refractivity contribution in [2.45, 2.75) is 25.9 Å². The molecule has 1 aliphatic rings. The number of nitriles is 1. The van der Waals surface area contributed by atoms with Gasteiger partial charge in [-0.1, -0.05) is 0 Å². The Kier molecular flexibility index (Phi) is 4.08. The standard InChI is InChI=1S/C15H20N2O2/c1-10(18)7-17-8-13(9-17)15-11(2)12(6-16)4-5-14(15)19-3/h4-5,10,13,18H,7-9H2,1-3H3/t10-/m0/s1. The maximum Gasteiger partial charge on any atom is 0.122 e. The van der Waals surface area contributed by atoms with Gasteiger partial charge in [-0.15, -0.1) is 0 Å². The number of aliphatic hydroxyl groups is 1. The number of ether oxygens (including phenoxy) is 1. The van der Waals surface area contributed by atoms with E-state index in [1.807, 2.05) is 19.1 Å². The number of hydrogen-bond donors (Lipinski definition) is 1. The van der Waals surface area contributed by atoms with E-state index in [4.69, 9.17) is 10.00 Å². The van der Waals surface area contributed by atoms with Gasteiger partial charge in [-0.05, 0) is 31.5 Å². The van der Waals surface area contributed by atoms with E-state index in [1.54, 1.807) is 14.0 Å². The molecule has 2 rings (SSSR count). The summed E-state index contributed by atoms with van der Waals surface area (Å²) in [4.78, 5) is 2.22. The summed E-state index contributed by atoms with van der Waals surface area (Å²) in [5.74, 6) is 1.25. The summed E-state index contributed by atoms with van der Waals surface area (Å²) in [6.45, 7) is 6.31. The first-order chi connectivity index (χ1) is 9.06. The molecule has 19 heavy (non-hydrogen) atoms. The van der Waals surface area contributed by atoms with E-state index in [0.29, 0.717) is 18.0 Å². The smallest absolute Gasteiger partial charge is 0.122 e. The summed E-state index contributed by atoms with van der Waals surface area (Å²) >= 11 is 0. The largest absolute Gasteiger partial charge is 0.496 e. The molecule has 0 spiro atoms. The van der Waals surface area contributed by atoms with Crippen molar-refractivity contribution < 1.29 is 9.84 Å². The fourth-order valence-electron chi connectivity index (χ4n) is 2.79. The fourth-order valence-corrected chi connectivity index (χ4v) is 2.79. The van der Waals surface area contributed by atoms with Crippen molar-refractivity contribution in [1.29, 1.82) is 5.26 Å². The Morgan fingerprint density at radius 3 is 2.74 bits per heavy atom. The molecule has 0 aromatic heterocycles. The molecule has 1 saturated heterocycles. The lowest BCUT2D eigenvalue weighted by molar-refractivity contribution is 0.0733. The molecule has 1 aromatic rings. The molecule has 0 bridgehead atoms. The third-order valence-electron chi connectivity index (χ3n) is 3.70. The Balaban J connectivity index is 2.19. The van der Waals surface area contributed by atoms with Crippen LogP contribution in [-0.4, -0.2) is 42.9 Å². The maximum absolute atomic E-state index is 9.37. The molecule has 1 fully saturated rings. The molecule has 0 radical (unpaired) electrons. The minimum Gasteiger partial charge on any atom is -0.496 e. The number of aliphatic hydroxyl groups excluding tert-OH is 1. The van der Waals surface area contributed by atoms with Gasteiger partial charge in [-0.3, -0.25) is 4.90 Å². The normalized spacial score (nSPS) is 17.6. The number of β-amino-alcohol motifs (C(OH)–C–C–N with tert-alkyl or cyclic N) is 1. The highest BCUT2D eigenvalue weighted by molar-refractivity contribution is 5.51. The molecular formula is C15H20N2O2. The summed E-state index contributed by atoms with van der Waals surface area (Å²) in [7, 11) is 1.66. The Hall–Kier alpha value is -1.57. The fraction of sp³-hybridized carbons (Fsp3) is 0.533. The zero-order valence-electron chi connectivity index (χ0n) is 11.7. The third kappa shape index (κ3) is 2.73. The van der Waals surface area contributed by atoms with Crippen molar-refractivity contribution in [2.75, 3.05) is 26.7 Å². The van der Waals surface area contributed by atoms with Gasteiger partial charge in [0, 0.05) is 31.1 Å². The molecule has 0 saturated carbocycles. The third-order valence-corrected chi connectivity index (χ3v) is 3.70. The van der Waals surface area contributed by atoms with Crippen molar-refractivity contribution in [3.8, 4) is 11.8 Å². The van der Waals surface area contributed by atoms with Crippen LogP contribution in [0.1, 0.15) is 29.5 Å². The van der Waals surface area contributed by atoms with Crippen molar-refractivity contribution in [3.05, 3.63) is 28.8 Å². The van der Waals surface area contributed by atoms with E-state index in [0.717, 1.165) is 30.0 Å². The Labute approximate surface area is 114 Å². The van der Waals surface area contributed by atoms with Crippen molar-refractivity contribution in [3.63, 3.8) is 0 Å². The van der Waals surface area contributed by atoms with E-state index in [2.05, 4.69) is 11.0 Å². The van der Waals surface area contributed by atoms with Crippen LogP contribution >= 0.6 is 0 Å². The van der Waals surface area contributed by atoms with Crippen LogP contribution in [0.4, 0.5) is 0 Å². The van der Waals surface area contributed by atoms with Crippen LogP contribution in [0.5, 0.6) is 5.75 Å². The molecule has 0 aliphatic carbocycles. The maximum atomic E-state index is 9.37. The van der Waals surface area contributed by atoms with E-state index in [1.165, 1.54) is 0 Å². The Bertz CT molecular complexity index is 500. The summed E-state index contributed by atoms with van der Waals surface area (Å²) in [5.41, 5.74) is 2.87. The van der Waals surface area contributed by atoms with E-state index in [9.17, 15) is 5.11 Å². The summed E-state index contributed by atoms with van der Waals surface area (Å²) < 4.78 is 5.42. The molecule has 4 nitrogen and oxygen atoms in total. The van der Waals surface area contributed by atoms with Gasteiger partial charge >= 0.3 is 0 Å². The molecule has 4 heteroatoms. The Morgan fingerprint density at radius 1 is 1.53 bits per heavy atom. The van der Waals surface area contributed by atoms with Gasteiger partial charge in [0.1, 0.15) is 5.75 Å². The summed E-state index contributed by atoms with van der Waals surface area (Å²) in [6, 6.07) is 5.91. The average molecular weight is 260 g/mol. The second-order valence-electron chi connectivity index (χ2n) is 5.23. The molecule has 0 amide bonds. The summed E-state index contributed by atoms with van der Waals surface area (Å²) in [6.07, 6.45) is -0.297. The van der Waals surface area contributed by atoms with Gasteiger partial charge < -0.3 is 9.84 Å². The van der Waals surface area contributed by atoms with Crippen LogP contribution in [0, 0.1) is 18.3 Å². The van der Waals surface area contributed by atoms with Gasteiger partial charge in [0.05, 0.1) is 24.8 Å². The zero-order valence-corrected chi connectivity index (χ0v) is 11.7. The topological polar surface area (TPSA) is 56.5 Å². The highest BCUT2D eigenvalue weighted by Gasteiger charge is 2.32. The van der Waals surface area contributed by atoms with Crippen LogP contribution in [0.3, 0.4) is 0 Å². The first-order valence-corrected chi connectivity index (χ1v) is 6.54. The van der Waals surface area contributed by atoms with Crippen LogP contribution in [-0.2, 0) is 0 Å². The van der Waals surface area contributed by atoms with Crippen molar-refractivity contribution >= 4 is 0 Å². The van der Waals surface area contributed by atoms with Crippen molar-refractivity contribution in [2.24, 2.45) is 0 Å². The molecule has 0 unspecified atom stereocenters. The van der Waals surface area contributed by atoms with Gasteiger partial charge in [0.15, 0.2) is 0 Å². The Morgan fingerprint density at radius 2 is 2.21 bits per heavy atom.